The van der Waals surface area contributed by atoms with E-state index in [1.807, 2.05) is 14.0 Å². The van der Waals surface area contributed by atoms with E-state index >= 15 is 0 Å². The summed E-state index contributed by atoms with van der Waals surface area (Å²) >= 11 is 9.44. The predicted molar refractivity (Wildman–Crippen MR) is 82.1 cm³/mol. The van der Waals surface area contributed by atoms with Gasteiger partial charge in [-0.15, -0.1) is 0 Å². The Kier molecular flexibility index (Phi) is 4.73. The maximum Gasteiger partial charge on any atom is 0.131 e. The zero-order chi connectivity index (χ0) is 14.9. The van der Waals surface area contributed by atoms with Gasteiger partial charge in [-0.25, -0.2) is 0 Å². The second-order valence-electron chi connectivity index (χ2n) is 4.62. The molecule has 0 spiro atoms. The molecular weight excluding hydrogens is 344 g/mol. The molecule has 4 nitrogen and oxygen atoms in total. The van der Waals surface area contributed by atoms with Gasteiger partial charge in [0.2, 0.25) is 0 Å². The summed E-state index contributed by atoms with van der Waals surface area (Å²) in [6.07, 6.45) is -0.639. The molecule has 108 valence electrons. The summed E-state index contributed by atoms with van der Waals surface area (Å²) < 4.78 is 8.52. The van der Waals surface area contributed by atoms with Crippen LogP contribution in [0.4, 0.5) is 0 Å². The molecule has 0 unspecified atom stereocenters. The zero-order valence-electron chi connectivity index (χ0n) is 11.5. The molecule has 0 saturated carbocycles. The summed E-state index contributed by atoms with van der Waals surface area (Å²) in [6.45, 7) is 3.97. The van der Waals surface area contributed by atoms with Gasteiger partial charge in [0.25, 0.3) is 0 Å². The van der Waals surface area contributed by atoms with Crippen molar-refractivity contribution in [3.63, 3.8) is 0 Å². The van der Waals surface area contributed by atoms with Gasteiger partial charge in [-0.1, -0.05) is 11.6 Å². The van der Waals surface area contributed by atoms with E-state index in [1.165, 1.54) is 0 Å². The molecule has 0 radical (unpaired) electrons. The van der Waals surface area contributed by atoms with Crippen LogP contribution >= 0.6 is 27.5 Å². The van der Waals surface area contributed by atoms with Crippen LogP contribution < -0.4 is 4.74 Å². The normalized spacial score (nSPS) is 12.5. The maximum absolute atomic E-state index is 9.77. The van der Waals surface area contributed by atoms with Gasteiger partial charge in [0.15, 0.2) is 0 Å². The van der Waals surface area contributed by atoms with Crippen molar-refractivity contribution in [2.45, 2.75) is 26.6 Å². The Balaban J connectivity index is 2.23. The van der Waals surface area contributed by atoms with E-state index in [0.29, 0.717) is 22.9 Å². The molecule has 0 aliphatic carbocycles. The van der Waals surface area contributed by atoms with Gasteiger partial charge in [-0.2, -0.15) is 5.10 Å². The fourth-order valence-corrected chi connectivity index (χ4v) is 2.59. The fourth-order valence-electron chi connectivity index (χ4n) is 1.96. The van der Waals surface area contributed by atoms with Crippen molar-refractivity contribution < 1.29 is 9.84 Å². The van der Waals surface area contributed by atoms with Crippen molar-refractivity contribution in [3.8, 4) is 5.75 Å². The number of aromatic nitrogens is 2. The smallest absolute Gasteiger partial charge is 0.131 e. The monoisotopic (exact) mass is 358 g/mol. The lowest BCUT2D eigenvalue weighted by atomic mass is 10.1. The van der Waals surface area contributed by atoms with Crippen LogP contribution in [0.15, 0.2) is 22.7 Å². The third kappa shape index (κ3) is 3.16. The molecule has 0 aliphatic heterocycles. The Bertz CT molecular complexity index is 626. The first-order chi connectivity index (χ1) is 9.40. The largest absolute Gasteiger partial charge is 0.487 e. The highest BCUT2D eigenvalue weighted by Gasteiger charge is 2.14. The van der Waals surface area contributed by atoms with Crippen molar-refractivity contribution in [1.82, 2.24) is 9.78 Å². The Labute approximate surface area is 131 Å². The molecule has 0 saturated heterocycles. The van der Waals surface area contributed by atoms with Gasteiger partial charge in [0.1, 0.15) is 12.4 Å². The Morgan fingerprint density at radius 2 is 2.20 bits per heavy atom. The minimum atomic E-state index is -0.639. The molecule has 6 heteroatoms. The second-order valence-corrected chi connectivity index (χ2v) is 5.85. The molecule has 20 heavy (non-hydrogen) atoms. The van der Waals surface area contributed by atoms with E-state index < -0.39 is 6.10 Å². The van der Waals surface area contributed by atoms with Gasteiger partial charge in [0.05, 0.1) is 22.0 Å². The second kappa shape index (κ2) is 6.16. The molecule has 2 rings (SSSR count). The molecule has 1 heterocycles. The number of aliphatic hydroxyl groups excluding tert-OH is 1. The molecule has 1 atom stereocenters. The SMILES string of the molecule is Cc1nn(C)c(COc2ccc(Cl)cc2[C@H](C)O)c1Br. The number of halogens is 2. The van der Waals surface area contributed by atoms with E-state index in [2.05, 4.69) is 21.0 Å². The summed E-state index contributed by atoms with van der Waals surface area (Å²) in [5.74, 6) is 0.621. The Morgan fingerprint density at radius 3 is 2.75 bits per heavy atom. The lowest BCUT2D eigenvalue weighted by Gasteiger charge is -2.14. The highest BCUT2D eigenvalue weighted by molar-refractivity contribution is 9.10. The molecule has 0 bridgehead atoms. The Morgan fingerprint density at radius 1 is 1.50 bits per heavy atom. The minimum absolute atomic E-state index is 0.360. The third-order valence-electron chi connectivity index (χ3n) is 3.05. The number of aryl methyl sites for hydroxylation is 2. The van der Waals surface area contributed by atoms with Gasteiger partial charge in [-0.05, 0) is 48.0 Å². The number of nitrogens with zero attached hydrogens (tertiary/aromatic N) is 2. The van der Waals surface area contributed by atoms with Crippen LogP contribution in [0.2, 0.25) is 5.02 Å². The van der Waals surface area contributed by atoms with Crippen molar-refractivity contribution in [2.24, 2.45) is 7.05 Å². The van der Waals surface area contributed by atoms with Gasteiger partial charge < -0.3 is 9.84 Å². The van der Waals surface area contributed by atoms with Gasteiger partial charge in [-0.3, -0.25) is 4.68 Å². The highest BCUT2D eigenvalue weighted by Crippen LogP contribution is 2.30. The number of hydrogen-bond donors (Lipinski definition) is 1. The first-order valence-corrected chi connectivity index (χ1v) is 7.35. The first kappa shape index (κ1) is 15.4. The quantitative estimate of drug-likeness (QED) is 0.904. The zero-order valence-corrected chi connectivity index (χ0v) is 13.9. The topological polar surface area (TPSA) is 47.3 Å². The first-order valence-electron chi connectivity index (χ1n) is 6.18. The van der Waals surface area contributed by atoms with E-state index in [0.717, 1.165) is 15.9 Å². The average Bonchev–Trinajstić information content (AvgIpc) is 2.62. The fraction of sp³-hybridized carbons (Fsp3) is 0.357. The summed E-state index contributed by atoms with van der Waals surface area (Å²) in [4.78, 5) is 0. The lowest BCUT2D eigenvalue weighted by Crippen LogP contribution is -2.05. The summed E-state index contributed by atoms with van der Waals surface area (Å²) in [5, 5.41) is 14.7. The summed E-state index contributed by atoms with van der Waals surface area (Å²) in [6, 6.07) is 5.22. The summed E-state index contributed by atoms with van der Waals surface area (Å²) in [5.41, 5.74) is 2.53. The minimum Gasteiger partial charge on any atom is -0.487 e. The van der Waals surface area contributed by atoms with Crippen molar-refractivity contribution >= 4 is 27.5 Å². The van der Waals surface area contributed by atoms with Crippen LogP contribution in [0.1, 0.15) is 30.0 Å². The van der Waals surface area contributed by atoms with E-state index in [1.54, 1.807) is 29.8 Å². The van der Waals surface area contributed by atoms with Crippen molar-refractivity contribution in [3.05, 3.63) is 44.6 Å². The van der Waals surface area contributed by atoms with Crippen LogP contribution in [0.5, 0.6) is 5.75 Å². The van der Waals surface area contributed by atoms with Crippen LogP contribution in [0.3, 0.4) is 0 Å². The van der Waals surface area contributed by atoms with Crippen molar-refractivity contribution in [1.29, 1.82) is 0 Å². The third-order valence-corrected chi connectivity index (χ3v) is 4.31. The summed E-state index contributed by atoms with van der Waals surface area (Å²) in [7, 11) is 1.87. The molecule has 1 N–H and O–H groups in total. The van der Waals surface area contributed by atoms with Gasteiger partial charge in [0, 0.05) is 17.6 Å². The number of benzene rings is 1. The molecular formula is C14H16BrClN2O2. The molecule has 2 aromatic rings. The number of ether oxygens (including phenoxy) is 1. The maximum atomic E-state index is 9.77. The number of rotatable bonds is 4. The van der Waals surface area contributed by atoms with E-state index in [9.17, 15) is 5.11 Å². The molecule has 0 aliphatic rings. The van der Waals surface area contributed by atoms with E-state index in [-0.39, 0.29) is 0 Å². The van der Waals surface area contributed by atoms with Crippen LogP contribution in [0.25, 0.3) is 0 Å². The van der Waals surface area contributed by atoms with E-state index in [4.69, 9.17) is 16.3 Å². The Hall–Kier alpha value is -1.04. The average molecular weight is 360 g/mol. The molecule has 1 aromatic carbocycles. The predicted octanol–water partition coefficient (Wildman–Crippen LogP) is 3.78. The standard InChI is InChI=1S/C14H16BrClN2O2/c1-8-14(15)12(18(3)17-8)7-20-13-5-4-10(16)6-11(13)9(2)19/h4-6,9,19H,7H2,1-3H3/t9-/m0/s1. The van der Waals surface area contributed by atoms with Gasteiger partial charge >= 0.3 is 0 Å². The molecule has 0 amide bonds. The molecule has 0 fully saturated rings. The lowest BCUT2D eigenvalue weighted by molar-refractivity contribution is 0.189. The van der Waals surface area contributed by atoms with Crippen LogP contribution in [-0.4, -0.2) is 14.9 Å². The number of hydrogen-bond acceptors (Lipinski definition) is 3. The highest BCUT2D eigenvalue weighted by atomic mass is 79.9. The van der Waals surface area contributed by atoms with Crippen molar-refractivity contribution in [2.75, 3.05) is 0 Å². The molecule has 1 aromatic heterocycles. The number of aliphatic hydroxyl groups is 1. The van der Waals surface area contributed by atoms with Crippen LogP contribution in [0, 0.1) is 6.92 Å². The van der Waals surface area contributed by atoms with Crippen LogP contribution in [-0.2, 0) is 13.7 Å².